The van der Waals surface area contributed by atoms with E-state index in [0.717, 1.165) is 73.0 Å². The molecule has 5 heterocycles. The third-order valence-electron chi connectivity index (χ3n) is 13.5. The summed E-state index contributed by atoms with van der Waals surface area (Å²) in [6, 6.07) is 16.5. The highest BCUT2D eigenvalue weighted by molar-refractivity contribution is 6.07. The van der Waals surface area contributed by atoms with Crippen molar-refractivity contribution in [1.29, 1.82) is 5.26 Å². The minimum atomic E-state index is -4.60. The van der Waals surface area contributed by atoms with E-state index in [4.69, 9.17) is 0 Å². The average molecular weight is 824 g/mol. The zero-order valence-corrected chi connectivity index (χ0v) is 33.8. The van der Waals surface area contributed by atoms with Crippen molar-refractivity contribution in [1.82, 2.24) is 20.0 Å². The standard InChI is InChI=1S/C45H48F3N7O5/c1-28-19-32-24-53(25-33(32)20-37(28)43(60)55(27-56)39-9-10-40(57)50-41(39)58)35-11-15-52(16-12-35)42(59)30-3-6-34(7-4-30)51-17-13-44(14-18-51)22-29(2)54(26-44)36-8-5-31(23-49)38(21-36)45(46,47)48/h3-8,19-21,27,29,35,39H,9-18,22,24-26H2,1-2H3,(H,50,57,58). The lowest BCUT2D eigenvalue weighted by Gasteiger charge is -2.40. The van der Waals surface area contributed by atoms with Gasteiger partial charge < -0.3 is 14.7 Å². The molecule has 0 radical (unpaired) electrons. The summed E-state index contributed by atoms with van der Waals surface area (Å²) in [4.78, 5) is 72.7. The lowest BCUT2D eigenvalue weighted by atomic mass is 9.76. The van der Waals surface area contributed by atoms with Crippen LogP contribution in [0.25, 0.3) is 0 Å². The van der Waals surface area contributed by atoms with Gasteiger partial charge in [-0.15, -0.1) is 0 Å². The van der Waals surface area contributed by atoms with Crippen molar-refractivity contribution >= 4 is 41.4 Å². The topological polar surface area (TPSA) is 137 Å². The predicted molar refractivity (Wildman–Crippen MR) is 216 cm³/mol. The number of rotatable bonds is 7. The van der Waals surface area contributed by atoms with Gasteiger partial charge in [0.2, 0.25) is 18.2 Å². The van der Waals surface area contributed by atoms with E-state index in [-0.39, 0.29) is 41.8 Å². The lowest BCUT2D eigenvalue weighted by molar-refractivity contribution is -0.139. The molecule has 0 aromatic heterocycles. The second-order valence-corrected chi connectivity index (χ2v) is 17.2. The van der Waals surface area contributed by atoms with Gasteiger partial charge in [-0.1, -0.05) is 6.07 Å². The summed E-state index contributed by atoms with van der Waals surface area (Å²) < 4.78 is 41.1. The number of carbonyl (C=O) groups is 5. The molecule has 314 valence electrons. The number of likely N-dealkylation sites (tertiary alicyclic amines) is 1. The number of nitrogens with one attached hydrogen (secondary N) is 1. The van der Waals surface area contributed by atoms with Crippen LogP contribution in [0.5, 0.6) is 0 Å². The van der Waals surface area contributed by atoms with Gasteiger partial charge in [0.25, 0.3) is 11.8 Å². The van der Waals surface area contributed by atoms with E-state index in [2.05, 4.69) is 26.9 Å². The summed E-state index contributed by atoms with van der Waals surface area (Å²) in [5.41, 5.74) is 4.05. The highest BCUT2D eigenvalue weighted by atomic mass is 19.4. The highest BCUT2D eigenvalue weighted by Crippen LogP contribution is 2.46. The number of nitrogens with zero attached hydrogens (tertiary/aromatic N) is 6. The monoisotopic (exact) mass is 823 g/mol. The molecule has 15 heteroatoms. The molecule has 0 saturated carbocycles. The summed E-state index contributed by atoms with van der Waals surface area (Å²) in [5, 5.41) is 11.4. The first-order valence-corrected chi connectivity index (χ1v) is 20.7. The Balaban J connectivity index is 0.829. The number of benzene rings is 3. The van der Waals surface area contributed by atoms with Gasteiger partial charge in [-0.05, 0) is 123 Å². The van der Waals surface area contributed by atoms with Crippen LogP contribution in [0.2, 0.25) is 0 Å². The van der Waals surface area contributed by atoms with Gasteiger partial charge in [0.1, 0.15) is 6.04 Å². The maximum Gasteiger partial charge on any atom is 0.417 e. The number of imide groups is 2. The van der Waals surface area contributed by atoms with E-state index in [0.29, 0.717) is 61.5 Å². The molecule has 60 heavy (non-hydrogen) atoms. The van der Waals surface area contributed by atoms with Crippen LogP contribution in [0.1, 0.15) is 100 Å². The number of anilines is 2. The van der Waals surface area contributed by atoms with Gasteiger partial charge in [-0.3, -0.25) is 39.1 Å². The zero-order chi connectivity index (χ0) is 42.5. The number of aryl methyl sites for hydroxylation is 1. The molecular formula is C45H48F3N7O5. The number of fused-ring (bicyclic) bond motifs is 1. The number of alkyl halides is 3. The predicted octanol–water partition coefficient (Wildman–Crippen LogP) is 5.80. The first-order valence-electron chi connectivity index (χ1n) is 20.7. The van der Waals surface area contributed by atoms with E-state index >= 15 is 0 Å². The first-order chi connectivity index (χ1) is 28.7. The number of hydrogen-bond donors (Lipinski definition) is 1. The fraction of sp³-hybridized carbons (Fsp3) is 0.467. The van der Waals surface area contributed by atoms with Gasteiger partial charge in [-0.25, -0.2) is 0 Å². The molecule has 4 saturated heterocycles. The Morgan fingerprint density at radius 2 is 1.60 bits per heavy atom. The van der Waals surface area contributed by atoms with Crippen LogP contribution in [-0.2, 0) is 33.6 Å². The van der Waals surface area contributed by atoms with E-state index in [1.165, 1.54) is 6.07 Å². The Hall–Kier alpha value is -5.75. The summed E-state index contributed by atoms with van der Waals surface area (Å²) in [5.74, 6) is -1.65. The Kier molecular flexibility index (Phi) is 11.0. The van der Waals surface area contributed by atoms with Crippen LogP contribution < -0.4 is 15.1 Å². The Bertz CT molecular complexity index is 2260. The number of nitriles is 1. The molecule has 5 aliphatic rings. The van der Waals surface area contributed by atoms with E-state index in [1.54, 1.807) is 12.1 Å². The Morgan fingerprint density at radius 1 is 0.933 bits per heavy atom. The van der Waals surface area contributed by atoms with Crippen LogP contribution in [-0.4, -0.2) is 95.6 Å². The fourth-order valence-electron chi connectivity index (χ4n) is 10.2. The third-order valence-corrected chi connectivity index (χ3v) is 13.5. The second kappa shape index (κ2) is 16.0. The van der Waals surface area contributed by atoms with Crippen LogP contribution in [0.15, 0.2) is 54.6 Å². The summed E-state index contributed by atoms with van der Waals surface area (Å²) in [6.45, 7) is 8.72. The van der Waals surface area contributed by atoms with Crippen molar-refractivity contribution in [3.63, 3.8) is 0 Å². The quantitative estimate of drug-likeness (QED) is 0.232. The van der Waals surface area contributed by atoms with Gasteiger partial charge in [0.15, 0.2) is 0 Å². The summed E-state index contributed by atoms with van der Waals surface area (Å²) in [6.07, 6.45) is 0.199. The van der Waals surface area contributed by atoms with E-state index < -0.39 is 35.5 Å². The molecule has 4 fully saturated rings. The number of amides is 5. The van der Waals surface area contributed by atoms with Crippen molar-refractivity contribution in [3.05, 3.63) is 93.5 Å². The van der Waals surface area contributed by atoms with Gasteiger partial charge >= 0.3 is 6.18 Å². The molecule has 5 amide bonds. The number of hydrogen-bond acceptors (Lipinski definition) is 9. The van der Waals surface area contributed by atoms with Crippen molar-refractivity contribution < 1.29 is 37.1 Å². The summed E-state index contributed by atoms with van der Waals surface area (Å²) >= 11 is 0. The lowest BCUT2D eigenvalue weighted by Crippen LogP contribution is -2.53. The molecule has 2 atom stereocenters. The molecule has 2 unspecified atom stereocenters. The molecule has 1 spiro atoms. The van der Waals surface area contributed by atoms with Crippen molar-refractivity contribution in [2.45, 2.75) is 96.2 Å². The normalized spacial score (nSPS) is 22.1. The van der Waals surface area contributed by atoms with Gasteiger partial charge in [0.05, 0.1) is 17.2 Å². The maximum absolute atomic E-state index is 13.7. The molecule has 12 nitrogen and oxygen atoms in total. The minimum Gasteiger partial charge on any atom is -0.371 e. The molecule has 8 rings (SSSR count). The van der Waals surface area contributed by atoms with Gasteiger partial charge in [-0.2, -0.15) is 18.4 Å². The van der Waals surface area contributed by atoms with Crippen molar-refractivity contribution in [2.75, 3.05) is 42.5 Å². The maximum atomic E-state index is 13.7. The highest BCUT2D eigenvalue weighted by Gasteiger charge is 2.45. The largest absolute Gasteiger partial charge is 0.417 e. The number of piperidine rings is 3. The van der Waals surface area contributed by atoms with Crippen LogP contribution in [0.3, 0.4) is 0 Å². The Morgan fingerprint density at radius 3 is 2.23 bits per heavy atom. The molecule has 3 aromatic rings. The molecular weight excluding hydrogens is 776 g/mol. The second-order valence-electron chi connectivity index (χ2n) is 17.2. The third kappa shape index (κ3) is 7.85. The Labute approximate surface area is 346 Å². The number of halogens is 3. The molecule has 0 bridgehead atoms. The van der Waals surface area contributed by atoms with E-state index in [9.17, 15) is 42.4 Å². The van der Waals surface area contributed by atoms with Crippen molar-refractivity contribution in [3.8, 4) is 6.07 Å². The smallest absolute Gasteiger partial charge is 0.371 e. The first kappa shape index (κ1) is 41.0. The average Bonchev–Trinajstić information content (AvgIpc) is 3.80. The van der Waals surface area contributed by atoms with Crippen LogP contribution in [0, 0.1) is 23.7 Å². The summed E-state index contributed by atoms with van der Waals surface area (Å²) in [7, 11) is 0. The van der Waals surface area contributed by atoms with Crippen LogP contribution >= 0.6 is 0 Å². The number of carbonyl (C=O) groups excluding carboxylic acids is 5. The molecule has 5 aliphatic heterocycles. The SMILES string of the molecule is Cc1cc2c(cc1C(=O)N(C=O)C1CCC(=O)NC1=O)CN(C1CCN(C(=O)c3ccc(N4CCC5(CC4)CC(C)N(c4ccc(C#N)c(C(F)(F)F)c4)C5)cc3)CC1)C2. The van der Waals surface area contributed by atoms with Gasteiger partial charge in [0, 0.05) is 86.8 Å². The molecule has 3 aromatic carbocycles. The fourth-order valence-corrected chi connectivity index (χ4v) is 10.2. The minimum absolute atomic E-state index is 0.00616. The zero-order valence-electron chi connectivity index (χ0n) is 33.8. The van der Waals surface area contributed by atoms with Crippen LogP contribution in [0.4, 0.5) is 24.5 Å². The van der Waals surface area contributed by atoms with E-state index in [1.807, 2.05) is 48.2 Å². The molecule has 1 N–H and O–H groups in total. The molecule has 0 aliphatic carbocycles. The van der Waals surface area contributed by atoms with Crippen molar-refractivity contribution in [2.24, 2.45) is 5.41 Å².